The first-order chi connectivity index (χ1) is 11.6. The number of ether oxygens (including phenoxy) is 1. The second kappa shape index (κ2) is 6.83. The lowest BCUT2D eigenvalue weighted by Crippen LogP contribution is -2.36. The van der Waals surface area contributed by atoms with Gasteiger partial charge >= 0.3 is 0 Å². The van der Waals surface area contributed by atoms with Gasteiger partial charge in [0.1, 0.15) is 18.0 Å². The monoisotopic (exact) mass is 343 g/mol. The summed E-state index contributed by atoms with van der Waals surface area (Å²) in [4.78, 5) is 23.6. The molecule has 1 unspecified atom stereocenters. The summed E-state index contributed by atoms with van der Waals surface area (Å²) in [5, 5.41) is 0.679. The fraction of sp³-hybridized carbons (Fsp3) is 0.267. The van der Waals surface area contributed by atoms with E-state index in [0.717, 1.165) is 11.5 Å². The lowest BCUT2D eigenvalue weighted by atomic mass is 10.2. The van der Waals surface area contributed by atoms with Crippen molar-refractivity contribution in [2.45, 2.75) is 13.1 Å². The predicted octanol–water partition coefficient (Wildman–Crippen LogP) is 2.12. The molecule has 0 aliphatic carbocycles. The fourth-order valence-corrected chi connectivity index (χ4v) is 2.81. The number of aromatic nitrogens is 3. The largest absolute Gasteiger partial charge is 0.481 e. The van der Waals surface area contributed by atoms with Crippen LogP contribution in [0.4, 0.5) is 11.5 Å². The van der Waals surface area contributed by atoms with E-state index in [1.165, 1.54) is 18.1 Å². The molecule has 0 saturated heterocycles. The molecule has 1 atom stereocenters. The van der Waals surface area contributed by atoms with Gasteiger partial charge in [0.05, 0.1) is 24.6 Å². The maximum Gasteiger partial charge on any atom is 0.213 e. The van der Waals surface area contributed by atoms with Crippen molar-refractivity contribution in [2.24, 2.45) is 9.98 Å². The molecule has 3 rings (SSSR count). The number of nitrogens with zero attached hydrogens (tertiary/aromatic N) is 6. The van der Waals surface area contributed by atoms with Crippen LogP contribution in [0.15, 0.2) is 40.8 Å². The van der Waals surface area contributed by atoms with E-state index in [1.54, 1.807) is 25.6 Å². The lowest BCUT2D eigenvalue weighted by Gasteiger charge is -2.33. The Morgan fingerprint density at radius 2 is 2.08 bits per heavy atom. The van der Waals surface area contributed by atoms with Gasteiger partial charge in [-0.05, 0) is 19.2 Å². The summed E-state index contributed by atoms with van der Waals surface area (Å²) in [7, 11) is 1.58. The second-order valence-electron chi connectivity index (χ2n) is 4.94. The highest BCUT2D eigenvalue weighted by Gasteiger charge is 2.29. The van der Waals surface area contributed by atoms with Gasteiger partial charge in [-0.25, -0.2) is 24.9 Å². The molecule has 0 amide bonds. The van der Waals surface area contributed by atoms with Crippen molar-refractivity contribution in [1.82, 2.24) is 15.0 Å². The van der Waals surface area contributed by atoms with E-state index in [1.807, 2.05) is 24.1 Å². The van der Waals surface area contributed by atoms with Crippen LogP contribution in [0.1, 0.15) is 18.7 Å². The summed E-state index contributed by atoms with van der Waals surface area (Å²) in [5.41, 5.74) is 7.59. The van der Waals surface area contributed by atoms with Gasteiger partial charge in [0.25, 0.3) is 0 Å². The zero-order valence-electron chi connectivity index (χ0n) is 13.5. The van der Waals surface area contributed by atoms with Gasteiger partial charge in [-0.2, -0.15) is 0 Å². The van der Waals surface area contributed by atoms with Crippen molar-refractivity contribution in [3.8, 4) is 5.88 Å². The van der Waals surface area contributed by atoms with Crippen LogP contribution < -0.4 is 15.4 Å². The lowest BCUT2D eigenvalue weighted by molar-refractivity contribution is 0.398. The summed E-state index contributed by atoms with van der Waals surface area (Å²) in [6.07, 6.45) is 6.34. The fourth-order valence-electron chi connectivity index (χ4n) is 2.38. The van der Waals surface area contributed by atoms with Gasteiger partial charge in [-0.15, -0.1) is 0 Å². The van der Waals surface area contributed by atoms with Crippen molar-refractivity contribution in [3.63, 3.8) is 0 Å². The second-order valence-corrected chi connectivity index (χ2v) is 5.71. The highest BCUT2D eigenvalue weighted by molar-refractivity contribution is 8.13. The van der Waals surface area contributed by atoms with Crippen molar-refractivity contribution in [1.29, 1.82) is 0 Å². The van der Waals surface area contributed by atoms with E-state index < -0.39 is 6.17 Å². The van der Waals surface area contributed by atoms with E-state index in [2.05, 4.69) is 24.9 Å². The van der Waals surface area contributed by atoms with Crippen LogP contribution in [-0.2, 0) is 0 Å². The number of thioether (sulfide) groups is 1. The van der Waals surface area contributed by atoms with Crippen molar-refractivity contribution < 1.29 is 4.74 Å². The molecule has 0 bridgehead atoms. The topological polar surface area (TPSA) is 102 Å². The highest BCUT2D eigenvalue weighted by Crippen LogP contribution is 2.34. The molecule has 124 valence electrons. The highest BCUT2D eigenvalue weighted by atomic mass is 32.2. The molecule has 0 aromatic carbocycles. The molecule has 2 aromatic rings. The average molecular weight is 343 g/mol. The Morgan fingerprint density at radius 1 is 1.25 bits per heavy atom. The first kappa shape index (κ1) is 16.2. The maximum absolute atomic E-state index is 6.04. The van der Waals surface area contributed by atoms with E-state index in [0.29, 0.717) is 22.4 Å². The Morgan fingerprint density at radius 3 is 2.71 bits per heavy atom. The van der Waals surface area contributed by atoms with Crippen LogP contribution in [0.3, 0.4) is 0 Å². The quantitative estimate of drug-likeness (QED) is 0.910. The normalized spacial score (nSPS) is 17.3. The van der Waals surface area contributed by atoms with Gasteiger partial charge < -0.3 is 15.4 Å². The molecule has 0 saturated carbocycles. The van der Waals surface area contributed by atoms with E-state index in [-0.39, 0.29) is 0 Å². The van der Waals surface area contributed by atoms with E-state index >= 15 is 0 Å². The zero-order chi connectivity index (χ0) is 17.1. The molecular weight excluding hydrogens is 326 g/mol. The molecule has 1 aliphatic rings. The number of pyridine rings is 1. The summed E-state index contributed by atoms with van der Waals surface area (Å²) < 4.78 is 5.12. The molecule has 24 heavy (non-hydrogen) atoms. The molecule has 3 heterocycles. The standard InChI is InChI=1S/C15H17N7OS/c1-9-20-15(24-3)21-14(11-7-17-8-19-13(11)16)22(9)10-4-5-12(23-2)18-6-10/h4-8,14H,1-3H3,(H2,16,17,19). The third-order valence-electron chi connectivity index (χ3n) is 3.53. The summed E-state index contributed by atoms with van der Waals surface area (Å²) in [6.45, 7) is 1.92. The molecule has 8 nitrogen and oxygen atoms in total. The Kier molecular flexibility index (Phi) is 4.61. The van der Waals surface area contributed by atoms with Crippen LogP contribution in [0.5, 0.6) is 5.88 Å². The SMILES string of the molecule is COc1ccc(N2C(C)=NC(SC)=NC2c2cncnc2N)cn1. The minimum atomic E-state index is -0.402. The Bertz CT molecular complexity index is 791. The molecule has 9 heteroatoms. The van der Waals surface area contributed by atoms with Crippen molar-refractivity contribution in [3.05, 3.63) is 36.4 Å². The number of amidine groups is 2. The molecule has 0 radical (unpaired) electrons. The number of nitrogen functional groups attached to an aromatic ring is 1. The number of aliphatic imine (C=N–C) groups is 2. The minimum Gasteiger partial charge on any atom is -0.481 e. The van der Waals surface area contributed by atoms with Crippen LogP contribution >= 0.6 is 11.8 Å². The minimum absolute atomic E-state index is 0.389. The van der Waals surface area contributed by atoms with Gasteiger partial charge in [-0.1, -0.05) is 11.8 Å². The average Bonchev–Trinajstić information content (AvgIpc) is 2.61. The maximum atomic E-state index is 6.04. The van der Waals surface area contributed by atoms with Crippen LogP contribution in [0.25, 0.3) is 0 Å². The molecule has 2 N–H and O–H groups in total. The summed E-state index contributed by atoms with van der Waals surface area (Å²) in [5.74, 6) is 1.72. The smallest absolute Gasteiger partial charge is 0.213 e. The van der Waals surface area contributed by atoms with Crippen LogP contribution in [0, 0.1) is 0 Å². The van der Waals surface area contributed by atoms with Crippen molar-refractivity contribution in [2.75, 3.05) is 24.0 Å². The first-order valence-electron chi connectivity index (χ1n) is 7.15. The third kappa shape index (κ3) is 3.02. The number of hydrogen-bond acceptors (Lipinski definition) is 9. The molecule has 1 aliphatic heterocycles. The number of rotatable bonds is 3. The molecule has 0 spiro atoms. The predicted molar refractivity (Wildman–Crippen MR) is 96.5 cm³/mol. The summed E-state index contributed by atoms with van der Waals surface area (Å²) in [6, 6.07) is 3.69. The van der Waals surface area contributed by atoms with Gasteiger partial charge in [-0.3, -0.25) is 0 Å². The first-order valence-corrected chi connectivity index (χ1v) is 8.38. The Labute approximate surface area is 143 Å². The van der Waals surface area contributed by atoms with Gasteiger partial charge in [0.15, 0.2) is 11.3 Å². The molecule has 0 fully saturated rings. The van der Waals surface area contributed by atoms with Gasteiger partial charge in [0, 0.05) is 12.3 Å². The number of methoxy groups -OCH3 is 1. The molecular formula is C15H17N7OS. The van der Waals surface area contributed by atoms with Crippen molar-refractivity contribution >= 4 is 34.3 Å². The number of nitrogens with two attached hydrogens (primary N) is 1. The third-order valence-corrected chi connectivity index (χ3v) is 4.09. The van der Waals surface area contributed by atoms with Crippen LogP contribution in [0.2, 0.25) is 0 Å². The number of hydrogen-bond donors (Lipinski definition) is 1. The Balaban J connectivity index is 2.08. The van der Waals surface area contributed by atoms with Crippen LogP contribution in [-0.4, -0.2) is 39.3 Å². The summed E-state index contributed by atoms with van der Waals surface area (Å²) >= 11 is 1.48. The van der Waals surface area contributed by atoms with E-state index in [9.17, 15) is 0 Å². The zero-order valence-corrected chi connectivity index (χ0v) is 14.4. The Hall–Kier alpha value is -2.68. The number of anilines is 2. The van der Waals surface area contributed by atoms with E-state index in [4.69, 9.17) is 10.5 Å². The molecule has 2 aromatic heterocycles. The van der Waals surface area contributed by atoms with Gasteiger partial charge in [0.2, 0.25) is 5.88 Å².